The van der Waals surface area contributed by atoms with E-state index in [2.05, 4.69) is 33.0 Å². The summed E-state index contributed by atoms with van der Waals surface area (Å²) in [7, 11) is 0. The van der Waals surface area contributed by atoms with Crippen molar-refractivity contribution in [3.05, 3.63) is 0 Å². The second-order valence-electron chi connectivity index (χ2n) is 7.94. The molecule has 1 heterocycles. The van der Waals surface area contributed by atoms with Gasteiger partial charge in [-0.3, -0.25) is 9.59 Å². The first-order valence-corrected chi connectivity index (χ1v) is 8.09. The molecule has 0 aromatic carbocycles. The molecule has 21 heavy (non-hydrogen) atoms. The summed E-state index contributed by atoms with van der Waals surface area (Å²) in [5.41, 5.74) is -0.787. The predicted octanol–water partition coefficient (Wildman–Crippen LogP) is 2.82. The van der Waals surface area contributed by atoms with Crippen molar-refractivity contribution in [2.45, 2.75) is 73.4 Å². The highest BCUT2D eigenvalue weighted by Crippen LogP contribution is 2.32. The van der Waals surface area contributed by atoms with Crippen molar-refractivity contribution in [2.75, 3.05) is 6.54 Å². The van der Waals surface area contributed by atoms with Crippen molar-refractivity contribution >= 4 is 11.8 Å². The molecule has 0 aromatic heterocycles. The first kappa shape index (κ1) is 18.0. The molecule has 2 unspecified atom stereocenters. The molecule has 0 saturated carbocycles. The van der Waals surface area contributed by atoms with Crippen molar-refractivity contribution in [3.8, 4) is 0 Å². The van der Waals surface area contributed by atoms with E-state index in [1.165, 1.54) is 0 Å². The molecule has 0 aromatic rings. The van der Waals surface area contributed by atoms with Crippen LogP contribution in [0.25, 0.3) is 0 Å². The quantitative estimate of drug-likeness (QED) is 0.848. The minimum atomic E-state index is -0.768. The third-order valence-electron chi connectivity index (χ3n) is 5.22. The molecular formula is C17H32N2O2. The normalized spacial score (nSPS) is 27.5. The average Bonchev–Trinajstić information content (AvgIpc) is 2.34. The Bertz CT molecular complexity index is 415. The number of carbonyl (C=O) groups excluding carboxylic acids is 2. The van der Waals surface area contributed by atoms with Crippen molar-refractivity contribution in [1.82, 2.24) is 10.2 Å². The van der Waals surface area contributed by atoms with E-state index in [-0.39, 0.29) is 29.2 Å². The van der Waals surface area contributed by atoms with Gasteiger partial charge in [0.15, 0.2) is 0 Å². The maximum atomic E-state index is 13.0. The van der Waals surface area contributed by atoms with Crippen molar-refractivity contribution < 1.29 is 9.59 Å². The van der Waals surface area contributed by atoms with E-state index in [9.17, 15) is 9.59 Å². The molecule has 0 aliphatic carbocycles. The summed E-state index contributed by atoms with van der Waals surface area (Å²) in [5, 5.41) is 2.94. The van der Waals surface area contributed by atoms with E-state index < -0.39 is 5.54 Å². The summed E-state index contributed by atoms with van der Waals surface area (Å²) >= 11 is 0. The number of nitrogens with one attached hydrogen (secondary N) is 1. The molecule has 1 rings (SSSR count). The smallest absolute Gasteiger partial charge is 0.248 e. The molecular weight excluding hydrogens is 264 g/mol. The van der Waals surface area contributed by atoms with Gasteiger partial charge in [0.2, 0.25) is 11.8 Å². The zero-order chi connectivity index (χ0) is 16.6. The SMILES string of the molecule is CCC1(C)NC(=O)C(C(C)C)N(CC(C)(C)C(C)C)C1=O. The molecule has 0 bridgehead atoms. The summed E-state index contributed by atoms with van der Waals surface area (Å²) in [4.78, 5) is 27.3. The topological polar surface area (TPSA) is 49.4 Å². The van der Waals surface area contributed by atoms with Gasteiger partial charge in [0, 0.05) is 6.54 Å². The zero-order valence-corrected chi connectivity index (χ0v) is 14.9. The van der Waals surface area contributed by atoms with Crippen molar-refractivity contribution in [1.29, 1.82) is 0 Å². The molecule has 4 heteroatoms. The fourth-order valence-corrected chi connectivity index (χ4v) is 2.68. The molecule has 0 radical (unpaired) electrons. The standard InChI is InChI=1S/C17H32N2O2/c1-9-17(8)15(21)19(10-16(6,7)12(4)5)13(11(2)3)14(20)18-17/h11-13H,9-10H2,1-8H3,(H,18,20). The largest absolute Gasteiger partial charge is 0.340 e. The van der Waals surface area contributed by atoms with Gasteiger partial charge in [0.25, 0.3) is 0 Å². The van der Waals surface area contributed by atoms with Crippen molar-refractivity contribution in [2.24, 2.45) is 17.3 Å². The van der Waals surface area contributed by atoms with E-state index in [0.717, 1.165) is 0 Å². The van der Waals surface area contributed by atoms with Gasteiger partial charge in [-0.15, -0.1) is 0 Å². The van der Waals surface area contributed by atoms with Crippen LogP contribution in [0.15, 0.2) is 0 Å². The second-order valence-corrected chi connectivity index (χ2v) is 7.94. The number of piperazine rings is 1. The third kappa shape index (κ3) is 3.41. The van der Waals surface area contributed by atoms with Crippen LogP contribution in [-0.2, 0) is 9.59 Å². The molecule has 1 N–H and O–H groups in total. The van der Waals surface area contributed by atoms with Gasteiger partial charge in [-0.1, -0.05) is 48.5 Å². The molecule has 4 nitrogen and oxygen atoms in total. The van der Waals surface area contributed by atoms with Crippen molar-refractivity contribution in [3.63, 3.8) is 0 Å². The van der Waals surface area contributed by atoms with Gasteiger partial charge in [-0.2, -0.15) is 0 Å². The number of nitrogens with zero attached hydrogens (tertiary/aromatic N) is 1. The van der Waals surface area contributed by atoms with E-state index in [1.807, 2.05) is 32.6 Å². The van der Waals surface area contributed by atoms with E-state index in [4.69, 9.17) is 0 Å². The minimum absolute atomic E-state index is 0.0188. The predicted molar refractivity (Wildman–Crippen MR) is 85.8 cm³/mol. The summed E-state index contributed by atoms with van der Waals surface area (Å²) in [6, 6.07) is -0.366. The molecule has 1 aliphatic heterocycles. The van der Waals surface area contributed by atoms with E-state index >= 15 is 0 Å². The number of hydrogen-bond acceptors (Lipinski definition) is 2. The summed E-state index contributed by atoms with van der Waals surface area (Å²) in [5.74, 6) is 0.583. The van der Waals surface area contributed by atoms with Crippen LogP contribution in [0, 0.1) is 17.3 Å². The highest BCUT2D eigenvalue weighted by Gasteiger charge is 2.49. The van der Waals surface area contributed by atoms with E-state index in [1.54, 1.807) is 0 Å². The van der Waals surface area contributed by atoms with Crippen LogP contribution in [0.4, 0.5) is 0 Å². The number of amides is 2. The molecule has 2 amide bonds. The van der Waals surface area contributed by atoms with E-state index in [0.29, 0.717) is 18.9 Å². The van der Waals surface area contributed by atoms with Crippen LogP contribution in [0.1, 0.15) is 61.8 Å². The molecule has 0 spiro atoms. The summed E-state index contributed by atoms with van der Waals surface area (Å²) in [6.07, 6.45) is 0.612. The van der Waals surface area contributed by atoms with Gasteiger partial charge in [0.1, 0.15) is 11.6 Å². The Kier molecular flexibility index (Phi) is 5.12. The molecule has 122 valence electrons. The molecule has 1 fully saturated rings. The lowest BCUT2D eigenvalue weighted by molar-refractivity contribution is -0.158. The number of rotatable bonds is 5. The summed E-state index contributed by atoms with van der Waals surface area (Å²) in [6.45, 7) is 17.1. The molecule has 1 aliphatic rings. The first-order valence-electron chi connectivity index (χ1n) is 8.09. The highest BCUT2D eigenvalue weighted by molar-refractivity contribution is 5.99. The Hall–Kier alpha value is -1.06. The Morgan fingerprint density at radius 2 is 1.76 bits per heavy atom. The lowest BCUT2D eigenvalue weighted by atomic mass is 9.78. The lowest BCUT2D eigenvalue weighted by Gasteiger charge is -2.48. The van der Waals surface area contributed by atoms with Gasteiger partial charge < -0.3 is 10.2 Å². The number of carbonyl (C=O) groups is 2. The van der Waals surface area contributed by atoms with Gasteiger partial charge in [-0.25, -0.2) is 0 Å². The highest BCUT2D eigenvalue weighted by atomic mass is 16.2. The molecule has 1 saturated heterocycles. The Labute approximate surface area is 129 Å². The van der Waals surface area contributed by atoms with Gasteiger partial charge in [-0.05, 0) is 30.6 Å². The fraction of sp³-hybridized carbons (Fsp3) is 0.882. The third-order valence-corrected chi connectivity index (χ3v) is 5.22. The second kappa shape index (κ2) is 5.98. The van der Waals surface area contributed by atoms with Crippen LogP contribution in [-0.4, -0.2) is 34.8 Å². The monoisotopic (exact) mass is 296 g/mol. The maximum Gasteiger partial charge on any atom is 0.248 e. The summed E-state index contributed by atoms with van der Waals surface area (Å²) < 4.78 is 0. The van der Waals surface area contributed by atoms with Gasteiger partial charge >= 0.3 is 0 Å². The lowest BCUT2D eigenvalue weighted by Crippen LogP contribution is -2.71. The van der Waals surface area contributed by atoms with Crippen LogP contribution in [0.5, 0.6) is 0 Å². The van der Waals surface area contributed by atoms with Crippen LogP contribution in [0.3, 0.4) is 0 Å². The van der Waals surface area contributed by atoms with Crippen LogP contribution >= 0.6 is 0 Å². The zero-order valence-electron chi connectivity index (χ0n) is 14.9. The minimum Gasteiger partial charge on any atom is -0.340 e. The average molecular weight is 296 g/mol. The fourth-order valence-electron chi connectivity index (χ4n) is 2.68. The first-order chi connectivity index (χ1) is 9.46. The number of hydrogen-bond donors (Lipinski definition) is 1. The van der Waals surface area contributed by atoms with Crippen LogP contribution < -0.4 is 5.32 Å². The Morgan fingerprint density at radius 1 is 1.24 bits per heavy atom. The Morgan fingerprint density at radius 3 is 2.14 bits per heavy atom. The Balaban J connectivity index is 3.18. The van der Waals surface area contributed by atoms with Gasteiger partial charge in [0.05, 0.1) is 0 Å². The molecule has 2 atom stereocenters. The maximum absolute atomic E-state index is 13.0. The van der Waals surface area contributed by atoms with Crippen LogP contribution in [0.2, 0.25) is 0 Å².